The maximum atomic E-state index is 5.76. The van der Waals surface area contributed by atoms with Crippen molar-refractivity contribution in [1.29, 1.82) is 0 Å². The number of ether oxygens (including phenoxy) is 1. The maximum Gasteiger partial charge on any atom is 0.142 e. The van der Waals surface area contributed by atoms with Gasteiger partial charge in [-0.1, -0.05) is 13.0 Å². The molecule has 0 radical (unpaired) electrons. The van der Waals surface area contributed by atoms with Gasteiger partial charge < -0.3 is 15.4 Å². The fourth-order valence-electron chi connectivity index (χ4n) is 2.14. The monoisotopic (exact) mass is 220 g/mol. The van der Waals surface area contributed by atoms with Crippen LogP contribution < -0.4 is 15.4 Å². The fourth-order valence-corrected chi connectivity index (χ4v) is 2.14. The minimum Gasteiger partial charge on any atom is -0.489 e. The van der Waals surface area contributed by atoms with E-state index in [0.717, 1.165) is 25.2 Å². The lowest BCUT2D eigenvalue weighted by Crippen LogP contribution is -2.41. The molecule has 0 saturated heterocycles. The molecule has 1 aliphatic rings. The average Bonchev–Trinajstić information content (AvgIpc) is 2.33. The molecule has 88 valence electrons. The van der Waals surface area contributed by atoms with Crippen LogP contribution in [-0.2, 0) is 6.42 Å². The largest absolute Gasteiger partial charge is 0.489 e. The highest BCUT2D eigenvalue weighted by Crippen LogP contribution is 2.34. The van der Waals surface area contributed by atoms with Gasteiger partial charge in [0, 0.05) is 7.05 Å². The SMILES string of the molecule is CCc1ccc2c(c1)N(C)C(CCN)CO2. The predicted octanol–water partition coefficient (Wildman–Crippen LogP) is 1.79. The van der Waals surface area contributed by atoms with Crippen molar-refractivity contribution in [1.82, 2.24) is 0 Å². The van der Waals surface area contributed by atoms with Crippen LogP contribution in [0, 0.1) is 0 Å². The van der Waals surface area contributed by atoms with Crippen molar-refractivity contribution in [2.75, 3.05) is 25.1 Å². The number of benzene rings is 1. The van der Waals surface area contributed by atoms with Crippen molar-refractivity contribution < 1.29 is 4.74 Å². The van der Waals surface area contributed by atoms with Crippen LogP contribution in [0.25, 0.3) is 0 Å². The lowest BCUT2D eigenvalue weighted by atomic mass is 10.1. The van der Waals surface area contributed by atoms with Gasteiger partial charge in [-0.25, -0.2) is 0 Å². The molecule has 0 spiro atoms. The van der Waals surface area contributed by atoms with Crippen LogP contribution in [0.3, 0.4) is 0 Å². The molecule has 1 aromatic carbocycles. The maximum absolute atomic E-state index is 5.76. The second-order valence-corrected chi connectivity index (χ2v) is 4.31. The van der Waals surface area contributed by atoms with Gasteiger partial charge in [0.15, 0.2) is 0 Å². The van der Waals surface area contributed by atoms with Crippen molar-refractivity contribution in [3.63, 3.8) is 0 Å². The van der Waals surface area contributed by atoms with Crippen LogP contribution in [0.1, 0.15) is 18.9 Å². The number of aryl methyl sites for hydroxylation is 1. The minimum atomic E-state index is 0.407. The van der Waals surface area contributed by atoms with Crippen LogP contribution in [0.5, 0.6) is 5.75 Å². The summed E-state index contributed by atoms with van der Waals surface area (Å²) < 4.78 is 5.76. The Morgan fingerprint density at radius 1 is 1.50 bits per heavy atom. The summed E-state index contributed by atoms with van der Waals surface area (Å²) in [4.78, 5) is 2.30. The van der Waals surface area contributed by atoms with Gasteiger partial charge >= 0.3 is 0 Å². The number of nitrogens with two attached hydrogens (primary N) is 1. The summed E-state index contributed by atoms with van der Waals surface area (Å²) in [7, 11) is 2.13. The zero-order valence-electron chi connectivity index (χ0n) is 10.1. The molecule has 1 aliphatic heterocycles. The van der Waals surface area contributed by atoms with E-state index in [1.807, 2.05) is 0 Å². The van der Waals surface area contributed by atoms with E-state index in [2.05, 4.69) is 37.1 Å². The van der Waals surface area contributed by atoms with Crippen LogP contribution in [-0.4, -0.2) is 26.2 Å². The summed E-state index contributed by atoms with van der Waals surface area (Å²) in [6.45, 7) is 3.62. The van der Waals surface area contributed by atoms with Crippen LogP contribution >= 0.6 is 0 Å². The summed E-state index contributed by atoms with van der Waals surface area (Å²) in [6.07, 6.45) is 2.04. The molecule has 2 rings (SSSR count). The van der Waals surface area contributed by atoms with E-state index in [1.54, 1.807) is 0 Å². The molecule has 0 aromatic heterocycles. The molecule has 1 unspecified atom stereocenters. The summed E-state index contributed by atoms with van der Waals surface area (Å²) in [5, 5.41) is 0. The number of anilines is 1. The quantitative estimate of drug-likeness (QED) is 0.844. The van der Waals surface area contributed by atoms with Crippen molar-refractivity contribution in [2.45, 2.75) is 25.8 Å². The van der Waals surface area contributed by atoms with E-state index in [0.29, 0.717) is 12.6 Å². The number of hydrogen-bond donors (Lipinski definition) is 1. The van der Waals surface area contributed by atoms with Crippen LogP contribution in [0.4, 0.5) is 5.69 Å². The predicted molar refractivity (Wildman–Crippen MR) is 67.2 cm³/mol. The van der Waals surface area contributed by atoms with E-state index < -0.39 is 0 Å². The lowest BCUT2D eigenvalue weighted by Gasteiger charge is -2.36. The van der Waals surface area contributed by atoms with Crippen molar-refractivity contribution in [3.8, 4) is 5.75 Å². The Kier molecular flexibility index (Phi) is 3.34. The topological polar surface area (TPSA) is 38.5 Å². The molecule has 3 nitrogen and oxygen atoms in total. The average molecular weight is 220 g/mol. The Hall–Kier alpha value is -1.22. The first-order valence-corrected chi connectivity index (χ1v) is 5.95. The smallest absolute Gasteiger partial charge is 0.142 e. The van der Waals surface area contributed by atoms with E-state index in [9.17, 15) is 0 Å². The van der Waals surface area contributed by atoms with E-state index >= 15 is 0 Å². The normalized spacial score (nSPS) is 19.2. The summed E-state index contributed by atoms with van der Waals surface area (Å²) in [5.41, 5.74) is 8.16. The third-order valence-electron chi connectivity index (χ3n) is 3.29. The third-order valence-corrected chi connectivity index (χ3v) is 3.29. The highest BCUT2D eigenvalue weighted by molar-refractivity contribution is 5.61. The van der Waals surface area contributed by atoms with Gasteiger partial charge in [0.1, 0.15) is 12.4 Å². The number of rotatable bonds is 3. The van der Waals surface area contributed by atoms with Gasteiger partial charge in [-0.15, -0.1) is 0 Å². The standard InChI is InChI=1S/C13H20N2O/c1-3-10-4-5-13-12(8-10)15(2)11(6-7-14)9-16-13/h4-5,8,11H,3,6-7,9,14H2,1-2H3. The number of nitrogens with zero attached hydrogens (tertiary/aromatic N) is 1. The van der Waals surface area contributed by atoms with Crippen LogP contribution in [0.15, 0.2) is 18.2 Å². The molecule has 0 bridgehead atoms. The number of fused-ring (bicyclic) bond motifs is 1. The van der Waals surface area contributed by atoms with Gasteiger partial charge in [0.05, 0.1) is 11.7 Å². The Labute approximate surface area is 97.2 Å². The molecule has 0 fully saturated rings. The molecule has 1 atom stereocenters. The minimum absolute atomic E-state index is 0.407. The summed E-state index contributed by atoms with van der Waals surface area (Å²) in [6, 6.07) is 6.83. The second kappa shape index (κ2) is 4.74. The van der Waals surface area contributed by atoms with Crippen molar-refractivity contribution >= 4 is 5.69 Å². The molecule has 1 aromatic rings. The van der Waals surface area contributed by atoms with E-state index in [1.165, 1.54) is 11.3 Å². The van der Waals surface area contributed by atoms with Gasteiger partial charge in [-0.2, -0.15) is 0 Å². The van der Waals surface area contributed by atoms with Crippen molar-refractivity contribution in [3.05, 3.63) is 23.8 Å². The van der Waals surface area contributed by atoms with Crippen molar-refractivity contribution in [2.24, 2.45) is 5.73 Å². The zero-order valence-corrected chi connectivity index (χ0v) is 10.1. The molecule has 0 aliphatic carbocycles. The lowest BCUT2D eigenvalue weighted by molar-refractivity contribution is 0.261. The molecule has 2 N–H and O–H groups in total. The molecule has 0 amide bonds. The zero-order chi connectivity index (χ0) is 11.5. The number of likely N-dealkylation sites (N-methyl/N-ethyl adjacent to an activating group) is 1. The molecule has 1 heterocycles. The Bertz CT molecular complexity index is 365. The molecular formula is C13H20N2O. The first-order valence-electron chi connectivity index (χ1n) is 5.95. The highest BCUT2D eigenvalue weighted by Gasteiger charge is 2.23. The molecule has 0 saturated carbocycles. The Balaban J connectivity index is 2.27. The Morgan fingerprint density at radius 2 is 2.31 bits per heavy atom. The van der Waals surface area contributed by atoms with Gasteiger partial charge in [-0.3, -0.25) is 0 Å². The van der Waals surface area contributed by atoms with E-state index in [-0.39, 0.29) is 0 Å². The van der Waals surface area contributed by atoms with Gasteiger partial charge in [-0.05, 0) is 37.1 Å². The Morgan fingerprint density at radius 3 is 3.00 bits per heavy atom. The van der Waals surface area contributed by atoms with Gasteiger partial charge in [0.2, 0.25) is 0 Å². The van der Waals surface area contributed by atoms with E-state index in [4.69, 9.17) is 10.5 Å². The first kappa shape index (κ1) is 11.3. The molecule has 3 heteroatoms. The van der Waals surface area contributed by atoms with Gasteiger partial charge in [0.25, 0.3) is 0 Å². The number of hydrogen-bond acceptors (Lipinski definition) is 3. The summed E-state index contributed by atoms with van der Waals surface area (Å²) in [5.74, 6) is 0.993. The first-order chi connectivity index (χ1) is 7.76. The fraction of sp³-hybridized carbons (Fsp3) is 0.538. The van der Waals surface area contributed by atoms with Crippen LogP contribution in [0.2, 0.25) is 0 Å². The highest BCUT2D eigenvalue weighted by atomic mass is 16.5. The third kappa shape index (κ3) is 2.00. The summed E-state index contributed by atoms with van der Waals surface area (Å²) >= 11 is 0. The second-order valence-electron chi connectivity index (χ2n) is 4.31. The molecular weight excluding hydrogens is 200 g/mol. The molecule has 16 heavy (non-hydrogen) atoms.